The van der Waals surface area contributed by atoms with Gasteiger partial charge >= 0.3 is 6.03 Å². The third kappa shape index (κ3) is 5.57. The first-order valence-electron chi connectivity index (χ1n) is 15.0. The van der Waals surface area contributed by atoms with E-state index in [4.69, 9.17) is 47.6 Å². The normalized spacial score (nSPS) is 23.5. The fourth-order valence-electron chi connectivity index (χ4n) is 6.18. The Morgan fingerprint density at radius 1 is 1.00 bits per heavy atom. The van der Waals surface area contributed by atoms with Gasteiger partial charge in [0, 0.05) is 42.4 Å². The van der Waals surface area contributed by atoms with Gasteiger partial charge in [0.05, 0.1) is 25.4 Å². The monoisotopic (exact) mass is 651 g/mol. The number of morpholine rings is 1. The molecule has 2 aromatic carbocycles. The summed E-state index contributed by atoms with van der Waals surface area (Å²) in [4.78, 5) is 47.4. The molecule has 4 heterocycles. The van der Waals surface area contributed by atoms with Gasteiger partial charge in [0.25, 0.3) is 0 Å². The van der Waals surface area contributed by atoms with Crippen molar-refractivity contribution in [1.82, 2.24) is 25.1 Å². The predicted octanol–water partition coefficient (Wildman–Crippen LogP) is 4.46. The van der Waals surface area contributed by atoms with Crippen molar-refractivity contribution < 1.29 is 19.1 Å². The van der Waals surface area contributed by atoms with E-state index in [1.807, 2.05) is 62.1 Å². The summed E-state index contributed by atoms with van der Waals surface area (Å²) in [5, 5.41) is 3.95. The summed E-state index contributed by atoms with van der Waals surface area (Å²) in [6, 6.07) is 14.5. The van der Waals surface area contributed by atoms with Crippen molar-refractivity contribution in [2.75, 3.05) is 57.4 Å². The maximum atomic E-state index is 14.8. The molecule has 236 valence electrons. The molecule has 3 amide bonds. The molecular formula is C32H35Cl2N7O4. The number of amides is 3. The molecule has 11 nitrogen and oxygen atoms in total. The average Bonchev–Trinajstić information content (AvgIpc) is 3.29. The van der Waals surface area contributed by atoms with Crippen LogP contribution in [-0.2, 0) is 20.6 Å². The molecule has 0 aliphatic carbocycles. The molecule has 3 aromatic rings. The Hall–Kier alpha value is -3.93. The number of benzene rings is 2. The molecule has 3 aliphatic heterocycles. The maximum Gasteiger partial charge on any atom is 0.327 e. The Balaban J connectivity index is 1.58. The number of amidine groups is 1. The van der Waals surface area contributed by atoms with Gasteiger partial charge in [-0.25, -0.2) is 9.78 Å². The number of anilines is 1. The Bertz CT molecular complexity index is 1610. The van der Waals surface area contributed by atoms with E-state index in [2.05, 4.69) is 5.32 Å². The first-order chi connectivity index (χ1) is 21.7. The van der Waals surface area contributed by atoms with Gasteiger partial charge in [-0.3, -0.25) is 14.7 Å². The molecule has 2 fully saturated rings. The Morgan fingerprint density at radius 2 is 1.64 bits per heavy atom. The molecule has 3 aliphatic rings. The molecule has 45 heavy (non-hydrogen) atoms. The summed E-state index contributed by atoms with van der Waals surface area (Å²) in [7, 11) is 0. The summed E-state index contributed by atoms with van der Waals surface area (Å²) in [5.41, 5.74) is -0.0699. The molecule has 13 heteroatoms. The van der Waals surface area contributed by atoms with Gasteiger partial charge in [0.2, 0.25) is 17.7 Å². The topological polar surface area (TPSA) is 112 Å². The van der Waals surface area contributed by atoms with Crippen LogP contribution >= 0.6 is 23.2 Å². The van der Waals surface area contributed by atoms with Crippen LogP contribution in [0, 0.1) is 0 Å². The quantitative estimate of drug-likeness (QED) is 0.419. The highest BCUT2D eigenvalue weighted by Gasteiger charge is 2.60. The lowest BCUT2D eigenvalue weighted by atomic mass is 9.71. The standard InChI is InChI=1S/C32H35Cl2N7O4/c1-4-45-28-25(19-36-29(37-28)39-15-17-44-18-16-39)27-38-31(2,21-5-9-23(33)10-6-21)32(3,22-7-11-24(34)12-8-22)41(27)30(43)40-14-13-35-26(42)20-40/h5-12,19H,4,13-18,20H2,1-3H3,(H,35,42)/t31-,32+/m0/s1. The van der Waals surface area contributed by atoms with Crippen molar-refractivity contribution in [2.24, 2.45) is 4.99 Å². The van der Waals surface area contributed by atoms with Crippen LogP contribution in [0.4, 0.5) is 10.7 Å². The molecule has 2 atom stereocenters. The Kier molecular flexibility index (Phi) is 8.60. The van der Waals surface area contributed by atoms with Gasteiger partial charge in [-0.1, -0.05) is 47.5 Å². The number of halogens is 2. The third-order valence-corrected chi connectivity index (χ3v) is 9.31. The highest BCUT2D eigenvalue weighted by atomic mass is 35.5. The number of rotatable bonds is 6. The largest absolute Gasteiger partial charge is 0.477 e. The van der Waals surface area contributed by atoms with Gasteiger partial charge in [0.1, 0.15) is 23.5 Å². The zero-order valence-electron chi connectivity index (χ0n) is 25.4. The molecule has 0 saturated carbocycles. The second-order valence-corrected chi connectivity index (χ2v) is 12.3. The number of nitrogens with zero attached hydrogens (tertiary/aromatic N) is 6. The molecule has 2 saturated heterocycles. The first-order valence-corrected chi connectivity index (χ1v) is 15.7. The van der Waals surface area contributed by atoms with E-state index in [1.165, 1.54) is 0 Å². The minimum atomic E-state index is -1.11. The van der Waals surface area contributed by atoms with E-state index in [0.717, 1.165) is 11.1 Å². The second kappa shape index (κ2) is 12.5. The zero-order valence-corrected chi connectivity index (χ0v) is 26.9. The van der Waals surface area contributed by atoms with Crippen molar-refractivity contribution in [3.63, 3.8) is 0 Å². The van der Waals surface area contributed by atoms with Crippen molar-refractivity contribution >= 4 is 46.9 Å². The number of piperazine rings is 1. The van der Waals surface area contributed by atoms with E-state index < -0.39 is 11.1 Å². The number of urea groups is 1. The number of aliphatic imine (C=N–C) groups is 1. The maximum absolute atomic E-state index is 14.8. The van der Waals surface area contributed by atoms with Crippen LogP contribution in [0.3, 0.4) is 0 Å². The molecule has 0 unspecified atom stereocenters. The van der Waals surface area contributed by atoms with Crippen LogP contribution in [0.15, 0.2) is 59.7 Å². The van der Waals surface area contributed by atoms with E-state index in [9.17, 15) is 9.59 Å². The summed E-state index contributed by atoms with van der Waals surface area (Å²) in [5.74, 6) is 0.920. The predicted molar refractivity (Wildman–Crippen MR) is 172 cm³/mol. The van der Waals surface area contributed by atoms with Crippen molar-refractivity contribution in [3.05, 3.63) is 81.5 Å². The summed E-state index contributed by atoms with van der Waals surface area (Å²) in [6.07, 6.45) is 1.67. The molecule has 0 spiro atoms. The van der Waals surface area contributed by atoms with Gasteiger partial charge in [-0.15, -0.1) is 0 Å². The Labute approximate surface area is 272 Å². The smallest absolute Gasteiger partial charge is 0.327 e. The Morgan fingerprint density at radius 3 is 2.27 bits per heavy atom. The minimum absolute atomic E-state index is 0.0816. The SMILES string of the molecule is CCOc1nc(N2CCOCC2)ncc1C1=N[C@@](C)(c2ccc(Cl)cc2)[C@@](C)(c2ccc(Cl)cc2)N1C(=O)N1CCNC(=O)C1. The second-order valence-electron chi connectivity index (χ2n) is 11.4. The number of hydrogen-bond donors (Lipinski definition) is 1. The lowest BCUT2D eigenvalue weighted by molar-refractivity contribution is -0.123. The van der Waals surface area contributed by atoms with Crippen molar-refractivity contribution in [2.45, 2.75) is 31.8 Å². The van der Waals surface area contributed by atoms with Gasteiger partial charge in [-0.05, 0) is 56.2 Å². The number of carbonyl (C=O) groups is 2. The molecule has 1 N–H and O–H groups in total. The first kappa shape index (κ1) is 31.1. The molecule has 0 bridgehead atoms. The molecule has 6 rings (SSSR count). The van der Waals surface area contributed by atoms with Gasteiger partial charge in [0.15, 0.2) is 0 Å². The average molecular weight is 653 g/mol. The van der Waals surface area contributed by atoms with Crippen LogP contribution < -0.4 is 15.0 Å². The van der Waals surface area contributed by atoms with Crippen molar-refractivity contribution in [3.8, 4) is 5.88 Å². The number of nitrogens with one attached hydrogen (secondary N) is 1. The van der Waals surface area contributed by atoms with Crippen LogP contribution in [0.1, 0.15) is 37.5 Å². The van der Waals surface area contributed by atoms with Gasteiger partial charge < -0.3 is 24.6 Å². The van der Waals surface area contributed by atoms with E-state index in [1.54, 1.807) is 28.1 Å². The molecule has 1 aromatic heterocycles. The van der Waals surface area contributed by atoms with Crippen molar-refractivity contribution in [1.29, 1.82) is 0 Å². The number of ether oxygens (including phenoxy) is 2. The molecular weight excluding hydrogens is 617 g/mol. The van der Waals surface area contributed by atoms with Gasteiger partial charge in [-0.2, -0.15) is 4.98 Å². The van der Waals surface area contributed by atoms with E-state index >= 15 is 0 Å². The highest BCUT2D eigenvalue weighted by Crippen LogP contribution is 2.54. The fourth-order valence-corrected chi connectivity index (χ4v) is 6.44. The number of carbonyl (C=O) groups excluding carboxylic acids is 2. The number of hydrogen-bond acceptors (Lipinski definition) is 8. The lowest BCUT2D eigenvalue weighted by Crippen LogP contribution is -2.61. The molecule has 0 radical (unpaired) electrons. The summed E-state index contributed by atoms with van der Waals surface area (Å²) in [6.45, 7) is 9.24. The van der Waals surface area contributed by atoms with Crippen LogP contribution in [0.5, 0.6) is 5.88 Å². The van der Waals surface area contributed by atoms with Crippen LogP contribution in [0.25, 0.3) is 0 Å². The van der Waals surface area contributed by atoms with E-state index in [0.29, 0.717) is 79.3 Å². The highest BCUT2D eigenvalue weighted by molar-refractivity contribution is 6.30. The lowest BCUT2D eigenvalue weighted by Gasteiger charge is -2.46. The minimum Gasteiger partial charge on any atom is -0.477 e. The van der Waals surface area contributed by atoms with Crippen LogP contribution in [-0.4, -0.2) is 90.1 Å². The number of aromatic nitrogens is 2. The summed E-state index contributed by atoms with van der Waals surface area (Å²) >= 11 is 12.7. The third-order valence-electron chi connectivity index (χ3n) is 8.81. The summed E-state index contributed by atoms with van der Waals surface area (Å²) < 4.78 is 11.6. The van der Waals surface area contributed by atoms with E-state index in [-0.39, 0.29) is 18.5 Å². The fraction of sp³-hybridized carbons (Fsp3) is 0.406. The zero-order chi connectivity index (χ0) is 31.8. The van der Waals surface area contributed by atoms with Crippen LogP contribution in [0.2, 0.25) is 10.0 Å².